The molecule has 23 heavy (non-hydrogen) atoms. The Hall–Kier alpha value is -3.49. The molecule has 9 nitrogen and oxygen atoms in total. The molecule has 0 aliphatic rings. The van der Waals surface area contributed by atoms with Crippen molar-refractivity contribution in [3.63, 3.8) is 0 Å². The minimum absolute atomic E-state index is 0.152. The fraction of sp³-hybridized carbons (Fsp3) is 0.0714. The summed E-state index contributed by atoms with van der Waals surface area (Å²) in [6.07, 6.45) is 0. The van der Waals surface area contributed by atoms with E-state index in [9.17, 15) is 9.59 Å². The number of aromatic nitrogens is 3. The number of azo groups is 1. The Morgan fingerprint density at radius 2 is 2.00 bits per heavy atom. The highest BCUT2D eigenvalue weighted by Gasteiger charge is 2.12. The summed E-state index contributed by atoms with van der Waals surface area (Å²) in [5.41, 5.74) is 7.17. The topological polar surface area (TPSA) is 138 Å². The molecule has 4 N–H and O–H groups in total. The predicted octanol–water partition coefficient (Wildman–Crippen LogP) is 2.03. The Bertz CT molecular complexity index is 984. The minimum Gasteiger partial charge on any atom is -0.478 e. The highest BCUT2D eigenvalue weighted by molar-refractivity contribution is 5.87. The maximum Gasteiger partial charge on any atom is 0.335 e. The third kappa shape index (κ3) is 2.67. The normalized spacial score (nSPS) is 11.3. The maximum absolute atomic E-state index is 11.8. The van der Waals surface area contributed by atoms with Crippen LogP contribution in [-0.2, 0) is 0 Å². The van der Waals surface area contributed by atoms with Crippen LogP contribution in [0, 0.1) is 6.92 Å². The summed E-state index contributed by atoms with van der Waals surface area (Å²) >= 11 is 0. The van der Waals surface area contributed by atoms with Gasteiger partial charge in [0, 0.05) is 11.8 Å². The van der Waals surface area contributed by atoms with Crippen molar-refractivity contribution in [1.29, 1.82) is 0 Å². The Labute approximate surface area is 129 Å². The van der Waals surface area contributed by atoms with Crippen molar-refractivity contribution in [3.05, 3.63) is 51.9 Å². The van der Waals surface area contributed by atoms with Crippen molar-refractivity contribution in [2.24, 2.45) is 10.2 Å². The van der Waals surface area contributed by atoms with Crippen LogP contribution in [0.5, 0.6) is 0 Å². The number of nitrogens with two attached hydrogens (primary N) is 1. The molecule has 0 aliphatic heterocycles. The van der Waals surface area contributed by atoms with E-state index in [1.165, 1.54) is 34.8 Å². The van der Waals surface area contributed by atoms with Crippen LogP contribution in [-0.4, -0.2) is 25.7 Å². The van der Waals surface area contributed by atoms with Gasteiger partial charge in [-0.3, -0.25) is 9.89 Å². The number of aromatic carboxylic acids is 1. The number of carboxylic acids is 1. The van der Waals surface area contributed by atoms with E-state index in [1.807, 2.05) is 0 Å². The number of aryl methyl sites for hydroxylation is 1. The molecular formula is C14H12N6O3. The molecule has 0 spiro atoms. The fourth-order valence-electron chi connectivity index (χ4n) is 2.03. The van der Waals surface area contributed by atoms with Crippen molar-refractivity contribution in [1.82, 2.24) is 14.6 Å². The lowest BCUT2D eigenvalue weighted by molar-refractivity contribution is 0.0697. The highest BCUT2D eigenvalue weighted by Crippen LogP contribution is 2.27. The van der Waals surface area contributed by atoms with Gasteiger partial charge in [0.15, 0.2) is 11.3 Å². The summed E-state index contributed by atoms with van der Waals surface area (Å²) in [6, 6.07) is 7.24. The molecule has 0 unspecified atom stereocenters. The molecule has 2 heterocycles. The lowest BCUT2D eigenvalue weighted by Crippen LogP contribution is -2.14. The number of benzene rings is 1. The van der Waals surface area contributed by atoms with E-state index in [4.69, 9.17) is 10.8 Å². The first-order valence-electron chi connectivity index (χ1n) is 6.58. The molecule has 116 valence electrons. The lowest BCUT2D eigenvalue weighted by Gasteiger charge is -1.96. The maximum atomic E-state index is 11.8. The van der Waals surface area contributed by atoms with Gasteiger partial charge in [-0.25, -0.2) is 9.78 Å². The van der Waals surface area contributed by atoms with Crippen molar-refractivity contribution in [2.75, 3.05) is 5.73 Å². The zero-order valence-corrected chi connectivity index (χ0v) is 12.0. The van der Waals surface area contributed by atoms with Gasteiger partial charge < -0.3 is 10.8 Å². The number of hydrogen-bond donors (Lipinski definition) is 3. The summed E-state index contributed by atoms with van der Waals surface area (Å²) < 4.78 is 1.18. The van der Waals surface area contributed by atoms with Gasteiger partial charge in [0.1, 0.15) is 5.82 Å². The van der Waals surface area contributed by atoms with Gasteiger partial charge in [0.25, 0.3) is 5.56 Å². The number of rotatable bonds is 3. The second-order valence-corrected chi connectivity index (χ2v) is 4.82. The Kier molecular flexibility index (Phi) is 3.37. The van der Waals surface area contributed by atoms with E-state index in [0.29, 0.717) is 11.4 Å². The molecule has 0 amide bonds. The minimum atomic E-state index is -1.02. The standard InChI is InChI=1S/C14H12N6O3/c1-7-6-10(21)20-13(16-7)11(12(15)19-20)18-17-9-4-2-8(3-5-9)14(22)23/h2-6,19H,15H2,1H3,(H,22,23). The molecule has 2 aromatic heterocycles. The molecule has 3 rings (SSSR count). The largest absolute Gasteiger partial charge is 0.478 e. The molecule has 0 saturated carbocycles. The van der Waals surface area contributed by atoms with Crippen LogP contribution in [0.2, 0.25) is 0 Å². The summed E-state index contributed by atoms with van der Waals surface area (Å²) in [7, 11) is 0. The first-order valence-corrected chi connectivity index (χ1v) is 6.58. The lowest BCUT2D eigenvalue weighted by atomic mass is 10.2. The number of hydrogen-bond acceptors (Lipinski definition) is 6. The monoisotopic (exact) mass is 312 g/mol. The van der Waals surface area contributed by atoms with Gasteiger partial charge in [0.2, 0.25) is 0 Å². The number of aromatic amines is 1. The zero-order chi connectivity index (χ0) is 16.6. The van der Waals surface area contributed by atoms with E-state index < -0.39 is 5.97 Å². The Morgan fingerprint density at radius 3 is 2.65 bits per heavy atom. The number of nitrogens with one attached hydrogen (secondary N) is 1. The zero-order valence-electron chi connectivity index (χ0n) is 12.0. The summed E-state index contributed by atoms with van der Waals surface area (Å²) in [5.74, 6) is -0.862. The van der Waals surface area contributed by atoms with E-state index in [2.05, 4.69) is 20.3 Å². The molecule has 0 aliphatic carbocycles. The van der Waals surface area contributed by atoms with E-state index in [1.54, 1.807) is 6.92 Å². The van der Waals surface area contributed by atoms with Crippen LogP contribution in [0.15, 0.2) is 45.4 Å². The van der Waals surface area contributed by atoms with Crippen LogP contribution >= 0.6 is 0 Å². The smallest absolute Gasteiger partial charge is 0.335 e. The van der Waals surface area contributed by atoms with Gasteiger partial charge in [-0.05, 0) is 31.2 Å². The average molecular weight is 312 g/mol. The van der Waals surface area contributed by atoms with Gasteiger partial charge >= 0.3 is 5.97 Å². The number of carbonyl (C=O) groups is 1. The predicted molar refractivity (Wildman–Crippen MR) is 82.5 cm³/mol. The molecule has 1 aromatic carbocycles. The fourth-order valence-corrected chi connectivity index (χ4v) is 2.03. The second-order valence-electron chi connectivity index (χ2n) is 4.82. The van der Waals surface area contributed by atoms with Crippen molar-refractivity contribution >= 4 is 28.8 Å². The van der Waals surface area contributed by atoms with Gasteiger partial charge in [-0.15, -0.1) is 5.11 Å². The average Bonchev–Trinajstić information content (AvgIpc) is 2.82. The first-order chi connectivity index (χ1) is 11.0. The first kappa shape index (κ1) is 14.4. The van der Waals surface area contributed by atoms with Crippen LogP contribution in [0.3, 0.4) is 0 Å². The summed E-state index contributed by atoms with van der Waals surface area (Å²) in [5, 5.41) is 19.5. The molecule has 0 saturated heterocycles. The second kappa shape index (κ2) is 5.37. The third-order valence-electron chi connectivity index (χ3n) is 3.13. The third-order valence-corrected chi connectivity index (χ3v) is 3.13. The SMILES string of the molecule is Cc1cc(=O)n2[nH]c(N)c(N=Nc3ccc(C(=O)O)cc3)c2n1. The van der Waals surface area contributed by atoms with Gasteiger partial charge in [0.05, 0.1) is 11.3 Å². The summed E-state index contributed by atoms with van der Waals surface area (Å²) in [6.45, 7) is 1.69. The number of anilines is 1. The Balaban J connectivity index is 2.02. The number of fused-ring (bicyclic) bond motifs is 1. The van der Waals surface area contributed by atoms with Crippen LogP contribution in [0.25, 0.3) is 5.65 Å². The molecule has 0 fully saturated rings. The quantitative estimate of drug-likeness (QED) is 0.635. The number of carboxylic acid groups (broad SMARTS) is 1. The number of nitrogens with zero attached hydrogens (tertiary/aromatic N) is 4. The molecule has 0 radical (unpaired) electrons. The molecule has 9 heteroatoms. The van der Waals surface area contributed by atoms with Crippen LogP contribution < -0.4 is 11.3 Å². The van der Waals surface area contributed by atoms with E-state index in [0.717, 1.165) is 0 Å². The molecular weight excluding hydrogens is 300 g/mol. The number of nitrogen functional groups attached to an aromatic ring is 1. The van der Waals surface area contributed by atoms with Gasteiger partial charge in [-0.2, -0.15) is 9.63 Å². The van der Waals surface area contributed by atoms with Crippen LogP contribution in [0.4, 0.5) is 17.2 Å². The highest BCUT2D eigenvalue weighted by atomic mass is 16.4. The van der Waals surface area contributed by atoms with Crippen molar-refractivity contribution < 1.29 is 9.90 Å². The van der Waals surface area contributed by atoms with Crippen molar-refractivity contribution in [3.8, 4) is 0 Å². The van der Waals surface area contributed by atoms with Gasteiger partial charge in [-0.1, -0.05) is 0 Å². The Morgan fingerprint density at radius 1 is 1.30 bits per heavy atom. The van der Waals surface area contributed by atoms with E-state index in [-0.39, 0.29) is 28.3 Å². The number of H-pyrrole nitrogens is 1. The van der Waals surface area contributed by atoms with E-state index >= 15 is 0 Å². The molecule has 0 bridgehead atoms. The molecule has 3 aromatic rings. The summed E-state index contributed by atoms with van der Waals surface area (Å²) in [4.78, 5) is 26.9. The molecule has 0 atom stereocenters. The van der Waals surface area contributed by atoms with Crippen LogP contribution in [0.1, 0.15) is 16.1 Å². The van der Waals surface area contributed by atoms with Crippen molar-refractivity contribution in [2.45, 2.75) is 6.92 Å².